The van der Waals surface area contributed by atoms with Gasteiger partial charge in [-0.15, -0.1) is 11.3 Å². The second-order valence-electron chi connectivity index (χ2n) is 4.84. The van der Waals surface area contributed by atoms with Crippen LogP contribution in [0.5, 0.6) is 5.75 Å². The van der Waals surface area contributed by atoms with Gasteiger partial charge < -0.3 is 15.8 Å². The lowest BCUT2D eigenvalue weighted by molar-refractivity contribution is 0.0927. The molecule has 0 spiro atoms. The lowest BCUT2D eigenvalue weighted by Crippen LogP contribution is -2.40. The van der Waals surface area contributed by atoms with Crippen molar-refractivity contribution < 1.29 is 9.53 Å². The molecule has 0 saturated heterocycles. The molecule has 5 heteroatoms. The lowest BCUT2D eigenvalue weighted by atomic mass is 9.92. The van der Waals surface area contributed by atoms with Crippen LogP contribution in [-0.4, -0.2) is 25.1 Å². The molecule has 4 nitrogen and oxygen atoms in total. The van der Waals surface area contributed by atoms with Crippen LogP contribution < -0.4 is 15.8 Å². The van der Waals surface area contributed by atoms with Gasteiger partial charge in [0.25, 0.3) is 5.91 Å². The average Bonchev–Trinajstić information content (AvgIpc) is 2.73. The van der Waals surface area contributed by atoms with Crippen molar-refractivity contribution in [2.45, 2.75) is 44.7 Å². The Bertz CT molecular complexity index is 423. The number of nitrogens with one attached hydrogen (secondary N) is 1. The van der Waals surface area contributed by atoms with Gasteiger partial charge in [0.15, 0.2) is 0 Å². The summed E-state index contributed by atoms with van der Waals surface area (Å²) >= 11 is 1.47. The molecule has 3 N–H and O–H groups in total. The Hall–Kier alpha value is -1.07. The highest BCUT2D eigenvalue weighted by molar-refractivity contribution is 7.14. The van der Waals surface area contributed by atoms with Crippen molar-refractivity contribution in [1.29, 1.82) is 0 Å². The molecule has 2 rings (SSSR count). The number of hydrogen-bond donors (Lipinski definition) is 2. The van der Waals surface area contributed by atoms with E-state index < -0.39 is 0 Å². The maximum atomic E-state index is 12.2. The van der Waals surface area contributed by atoms with Gasteiger partial charge in [-0.3, -0.25) is 4.79 Å². The van der Waals surface area contributed by atoms with Gasteiger partial charge in [-0.2, -0.15) is 0 Å². The standard InChI is InChI=1S/C13H20N2O2S/c1-8-7-11(17-2)12(18-8)13(16)15-10-5-3-9(14)4-6-10/h7,9-10H,3-6,14H2,1-2H3,(H,15,16). The van der Waals surface area contributed by atoms with Crippen LogP contribution in [0.1, 0.15) is 40.2 Å². The van der Waals surface area contributed by atoms with Crippen molar-refractivity contribution in [2.75, 3.05) is 7.11 Å². The molecule has 0 aliphatic heterocycles. The maximum Gasteiger partial charge on any atom is 0.265 e. The normalized spacial score (nSPS) is 23.7. The van der Waals surface area contributed by atoms with E-state index in [0.29, 0.717) is 16.7 Å². The molecule has 1 aromatic heterocycles. The van der Waals surface area contributed by atoms with Gasteiger partial charge >= 0.3 is 0 Å². The highest BCUT2D eigenvalue weighted by Crippen LogP contribution is 2.29. The highest BCUT2D eigenvalue weighted by atomic mass is 32.1. The first-order valence-corrected chi connectivity index (χ1v) is 7.12. The van der Waals surface area contributed by atoms with Crippen molar-refractivity contribution in [3.63, 3.8) is 0 Å². The van der Waals surface area contributed by atoms with Gasteiger partial charge in [0, 0.05) is 17.0 Å². The number of carbonyl (C=O) groups is 1. The molecule has 100 valence electrons. The fraction of sp³-hybridized carbons (Fsp3) is 0.615. The van der Waals surface area contributed by atoms with Crippen molar-refractivity contribution >= 4 is 17.2 Å². The minimum absolute atomic E-state index is 0.0228. The summed E-state index contributed by atoms with van der Waals surface area (Å²) in [5, 5.41) is 3.08. The number of hydrogen-bond acceptors (Lipinski definition) is 4. The molecule has 0 aromatic carbocycles. The first kappa shape index (κ1) is 13.4. The van der Waals surface area contributed by atoms with Crippen molar-refractivity contribution in [3.8, 4) is 5.75 Å². The summed E-state index contributed by atoms with van der Waals surface area (Å²) in [6, 6.07) is 2.46. The van der Waals surface area contributed by atoms with Crippen molar-refractivity contribution in [1.82, 2.24) is 5.32 Å². The van der Waals surface area contributed by atoms with Crippen LogP contribution in [0.25, 0.3) is 0 Å². The Morgan fingerprint density at radius 2 is 2.11 bits per heavy atom. The zero-order chi connectivity index (χ0) is 13.1. The van der Waals surface area contributed by atoms with E-state index in [1.807, 2.05) is 13.0 Å². The third kappa shape index (κ3) is 3.03. The van der Waals surface area contributed by atoms with Crippen molar-refractivity contribution in [3.05, 3.63) is 15.8 Å². The molecular formula is C13H20N2O2S. The van der Waals surface area contributed by atoms with E-state index in [1.54, 1.807) is 7.11 Å². The molecule has 1 saturated carbocycles. The molecule has 1 aromatic rings. The average molecular weight is 268 g/mol. The lowest BCUT2D eigenvalue weighted by Gasteiger charge is -2.26. The van der Waals surface area contributed by atoms with Gasteiger partial charge in [0.2, 0.25) is 0 Å². The minimum atomic E-state index is -0.0228. The highest BCUT2D eigenvalue weighted by Gasteiger charge is 2.23. The third-order valence-corrected chi connectivity index (χ3v) is 4.38. The van der Waals surface area contributed by atoms with Gasteiger partial charge in [0.1, 0.15) is 10.6 Å². The maximum absolute atomic E-state index is 12.2. The topological polar surface area (TPSA) is 64.3 Å². The Balaban J connectivity index is 1.99. The van der Waals surface area contributed by atoms with E-state index in [2.05, 4.69) is 5.32 Å². The Morgan fingerprint density at radius 3 is 2.72 bits per heavy atom. The SMILES string of the molecule is COc1cc(C)sc1C(=O)NC1CCC(N)CC1. The molecule has 18 heavy (non-hydrogen) atoms. The Labute approximate surface area is 112 Å². The van der Waals surface area contributed by atoms with E-state index in [1.165, 1.54) is 11.3 Å². The number of carbonyl (C=O) groups excluding carboxylic acids is 1. The summed E-state index contributed by atoms with van der Waals surface area (Å²) in [6.07, 6.45) is 3.93. The Kier molecular flexibility index (Phi) is 4.24. The molecule has 1 fully saturated rings. The number of ether oxygens (including phenoxy) is 1. The summed E-state index contributed by atoms with van der Waals surface area (Å²) in [6.45, 7) is 1.98. The van der Waals surface area contributed by atoms with E-state index >= 15 is 0 Å². The van der Waals surface area contributed by atoms with Gasteiger partial charge in [-0.25, -0.2) is 0 Å². The van der Waals surface area contributed by atoms with Crippen LogP contribution in [0.15, 0.2) is 6.07 Å². The van der Waals surface area contributed by atoms with Crippen molar-refractivity contribution in [2.24, 2.45) is 5.73 Å². The largest absolute Gasteiger partial charge is 0.495 e. The van der Waals surface area contributed by atoms with Gasteiger partial charge in [0.05, 0.1) is 7.11 Å². The molecule has 1 amide bonds. The molecular weight excluding hydrogens is 248 g/mol. The van der Waals surface area contributed by atoms with E-state index in [0.717, 1.165) is 30.6 Å². The minimum Gasteiger partial charge on any atom is -0.495 e. The van der Waals surface area contributed by atoms with Crippen LogP contribution in [-0.2, 0) is 0 Å². The second kappa shape index (κ2) is 5.71. The van der Waals surface area contributed by atoms with Crippen LogP contribution in [0.3, 0.4) is 0 Å². The molecule has 0 atom stereocenters. The monoisotopic (exact) mass is 268 g/mol. The van der Waals surface area contributed by atoms with Crippen LogP contribution in [0.4, 0.5) is 0 Å². The van der Waals surface area contributed by atoms with E-state index in [-0.39, 0.29) is 11.9 Å². The summed E-state index contributed by atoms with van der Waals surface area (Å²) in [5.41, 5.74) is 5.86. The zero-order valence-corrected chi connectivity index (χ0v) is 11.7. The van der Waals surface area contributed by atoms with E-state index in [9.17, 15) is 4.79 Å². The van der Waals surface area contributed by atoms with E-state index in [4.69, 9.17) is 10.5 Å². The molecule has 0 bridgehead atoms. The first-order chi connectivity index (χ1) is 8.60. The van der Waals surface area contributed by atoms with Gasteiger partial charge in [-0.1, -0.05) is 0 Å². The number of methoxy groups -OCH3 is 1. The molecule has 1 aliphatic rings. The molecule has 1 aliphatic carbocycles. The Morgan fingerprint density at radius 1 is 1.44 bits per heavy atom. The smallest absolute Gasteiger partial charge is 0.265 e. The van der Waals surface area contributed by atoms with Gasteiger partial charge in [-0.05, 0) is 38.7 Å². The number of amides is 1. The van der Waals surface area contributed by atoms with Crippen LogP contribution in [0, 0.1) is 6.92 Å². The summed E-state index contributed by atoms with van der Waals surface area (Å²) in [4.78, 5) is 13.9. The zero-order valence-electron chi connectivity index (χ0n) is 10.9. The van der Waals surface area contributed by atoms with Crippen LogP contribution >= 0.6 is 11.3 Å². The number of nitrogens with two attached hydrogens (primary N) is 1. The second-order valence-corrected chi connectivity index (χ2v) is 6.10. The van der Waals surface area contributed by atoms with Crippen LogP contribution in [0.2, 0.25) is 0 Å². The number of aryl methyl sites for hydroxylation is 1. The first-order valence-electron chi connectivity index (χ1n) is 6.31. The fourth-order valence-corrected chi connectivity index (χ4v) is 3.20. The number of thiophene rings is 1. The summed E-state index contributed by atoms with van der Waals surface area (Å²) < 4.78 is 5.22. The summed E-state index contributed by atoms with van der Waals surface area (Å²) in [5.74, 6) is 0.646. The molecule has 0 radical (unpaired) electrons. The quantitative estimate of drug-likeness (QED) is 0.882. The summed E-state index contributed by atoms with van der Waals surface area (Å²) in [7, 11) is 1.60. The predicted molar refractivity (Wildman–Crippen MR) is 73.3 cm³/mol. The third-order valence-electron chi connectivity index (χ3n) is 3.35. The number of rotatable bonds is 3. The fourth-order valence-electron chi connectivity index (χ4n) is 2.32. The predicted octanol–water partition coefficient (Wildman–Crippen LogP) is 2.06. The molecule has 0 unspecified atom stereocenters. The molecule has 1 heterocycles.